The van der Waals surface area contributed by atoms with E-state index in [4.69, 9.17) is 9.47 Å². The van der Waals surface area contributed by atoms with E-state index in [1.54, 1.807) is 12.1 Å². The van der Waals surface area contributed by atoms with Crippen LogP contribution in [0, 0.1) is 15.9 Å². The number of nitro groups is 1. The smallest absolute Gasteiger partial charge is 0.342 e. The summed E-state index contributed by atoms with van der Waals surface area (Å²) in [5.74, 6) is -2.14. The van der Waals surface area contributed by atoms with Crippen molar-refractivity contribution in [2.45, 2.75) is 0 Å². The molecule has 0 heterocycles. The van der Waals surface area contributed by atoms with Crippen LogP contribution in [-0.4, -0.2) is 30.5 Å². The number of rotatable bonds is 6. The van der Waals surface area contributed by atoms with Crippen molar-refractivity contribution >= 4 is 34.0 Å². The van der Waals surface area contributed by atoms with Gasteiger partial charge in [0.2, 0.25) is 0 Å². The number of nitro benzene ring substituents is 1. The molecule has 0 atom stereocenters. The standard InChI is InChI=1S/C20H15FN2O6/c1-28-18-9-13-5-3-2-4-12(13)8-15(18)20(25)29-11-19(24)22-16-7-6-14(21)10-17(16)23(26)27/h2-10H,11H2,1H3,(H,22,24). The number of fused-ring (bicyclic) bond motifs is 1. The Balaban J connectivity index is 1.72. The number of ether oxygens (including phenoxy) is 2. The first kappa shape index (κ1) is 19.7. The fourth-order valence-electron chi connectivity index (χ4n) is 2.70. The van der Waals surface area contributed by atoms with E-state index in [0.29, 0.717) is 6.07 Å². The largest absolute Gasteiger partial charge is 0.496 e. The summed E-state index contributed by atoms with van der Waals surface area (Å²) in [6, 6.07) is 13.3. The molecule has 0 aromatic heterocycles. The number of nitrogens with zero attached hydrogens (tertiary/aromatic N) is 1. The zero-order valence-electron chi connectivity index (χ0n) is 15.2. The van der Waals surface area contributed by atoms with Gasteiger partial charge in [0.05, 0.1) is 18.1 Å². The number of benzene rings is 3. The van der Waals surface area contributed by atoms with Crippen LogP contribution in [0.4, 0.5) is 15.8 Å². The van der Waals surface area contributed by atoms with E-state index < -0.39 is 34.9 Å². The van der Waals surface area contributed by atoms with Crippen molar-refractivity contribution in [3.05, 3.63) is 76.1 Å². The zero-order chi connectivity index (χ0) is 21.0. The lowest BCUT2D eigenvalue weighted by atomic mass is 10.1. The maximum Gasteiger partial charge on any atom is 0.342 e. The molecule has 0 bridgehead atoms. The van der Waals surface area contributed by atoms with Gasteiger partial charge >= 0.3 is 5.97 Å². The highest BCUT2D eigenvalue weighted by Crippen LogP contribution is 2.27. The van der Waals surface area contributed by atoms with Crippen LogP contribution in [0.1, 0.15) is 10.4 Å². The Bertz CT molecular complexity index is 1120. The second kappa shape index (κ2) is 8.34. The number of halogens is 1. The van der Waals surface area contributed by atoms with Gasteiger partial charge in [0.15, 0.2) is 6.61 Å². The van der Waals surface area contributed by atoms with Crippen LogP contribution in [0.2, 0.25) is 0 Å². The predicted molar refractivity (Wildman–Crippen MR) is 102 cm³/mol. The van der Waals surface area contributed by atoms with Gasteiger partial charge < -0.3 is 14.8 Å². The molecule has 0 fully saturated rings. The summed E-state index contributed by atoms with van der Waals surface area (Å²) in [4.78, 5) is 34.6. The first-order valence-electron chi connectivity index (χ1n) is 8.36. The lowest BCUT2D eigenvalue weighted by Crippen LogP contribution is -2.21. The van der Waals surface area contributed by atoms with Crippen molar-refractivity contribution in [1.82, 2.24) is 0 Å². The summed E-state index contributed by atoms with van der Waals surface area (Å²) in [6.07, 6.45) is 0. The third-order valence-electron chi connectivity index (χ3n) is 4.05. The topological polar surface area (TPSA) is 108 Å². The molecule has 0 spiro atoms. The van der Waals surface area contributed by atoms with Crippen molar-refractivity contribution < 1.29 is 28.4 Å². The van der Waals surface area contributed by atoms with Crippen LogP contribution in [0.5, 0.6) is 5.75 Å². The lowest BCUT2D eigenvalue weighted by Gasteiger charge is -2.11. The first-order chi connectivity index (χ1) is 13.9. The summed E-state index contributed by atoms with van der Waals surface area (Å²) < 4.78 is 23.4. The van der Waals surface area contributed by atoms with E-state index in [-0.39, 0.29) is 17.0 Å². The molecule has 1 amide bonds. The van der Waals surface area contributed by atoms with Crippen molar-refractivity contribution in [3.8, 4) is 5.75 Å². The average Bonchev–Trinajstić information content (AvgIpc) is 2.72. The number of anilines is 1. The normalized spacial score (nSPS) is 10.4. The van der Waals surface area contributed by atoms with Crippen molar-refractivity contribution in [1.29, 1.82) is 0 Å². The molecule has 3 aromatic rings. The van der Waals surface area contributed by atoms with Crippen LogP contribution >= 0.6 is 0 Å². The molecule has 148 valence electrons. The Morgan fingerprint density at radius 1 is 1.10 bits per heavy atom. The van der Waals surface area contributed by atoms with Gasteiger partial charge in [-0.3, -0.25) is 14.9 Å². The van der Waals surface area contributed by atoms with Gasteiger partial charge in [-0.1, -0.05) is 24.3 Å². The van der Waals surface area contributed by atoms with Gasteiger partial charge in [-0.2, -0.15) is 0 Å². The van der Waals surface area contributed by atoms with Crippen LogP contribution in [0.3, 0.4) is 0 Å². The Morgan fingerprint density at radius 3 is 2.45 bits per heavy atom. The molecule has 1 N–H and O–H groups in total. The summed E-state index contributed by atoms with van der Waals surface area (Å²) in [5.41, 5.74) is -0.687. The molecule has 0 unspecified atom stereocenters. The minimum atomic E-state index is -0.829. The monoisotopic (exact) mass is 398 g/mol. The summed E-state index contributed by atoms with van der Waals surface area (Å²) in [6.45, 7) is -0.691. The van der Waals surface area contributed by atoms with Crippen molar-refractivity contribution in [2.75, 3.05) is 19.0 Å². The van der Waals surface area contributed by atoms with Gasteiger partial charge in [-0.25, -0.2) is 9.18 Å². The fourth-order valence-corrected chi connectivity index (χ4v) is 2.70. The highest BCUT2D eigenvalue weighted by molar-refractivity contribution is 6.00. The van der Waals surface area contributed by atoms with Gasteiger partial charge in [-0.05, 0) is 35.0 Å². The van der Waals surface area contributed by atoms with Gasteiger partial charge in [0.25, 0.3) is 11.6 Å². The molecule has 0 aliphatic heterocycles. The van der Waals surface area contributed by atoms with Gasteiger partial charge in [-0.15, -0.1) is 0 Å². The zero-order valence-corrected chi connectivity index (χ0v) is 15.2. The highest BCUT2D eigenvalue weighted by Gasteiger charge is 2.19. The third kappa shape index (κ3) is 4.46. The van der Waals surface area contributed by atoms with Crippen LogP contribution in [0.25, 0.3) is 10.8 Å². The van der Waals surface area contributed by atoms with Crippen molar-refractivity contribution in [3.63, 3.8) is 0 Å². The van der Waals surface area contributed by atoms with E-state index in [2.05, 4.69) is 5.32 Å². The minimum Gasteiger partial charge on any atom is -0.496 e. The van der Waals surface area contributed by atoms with Crippen LogP contribution in [-0.2, 0) is 9.53 Å². The summed E-state index contributed by atoms with van der Waals surface area (Å²) in [5, 5.41) is 14.8. The number of nitrogens with one attached hydrogen (secondary N) is 1. The Kier molecular flexibility index (Phi) is 5.68. The molecule has 3 rings (SSSR count). The molecule has 8 nitrogen and oxygen atoms in total. The van der Waals surface area contributed by atoms with E-state index >= 15 is 0 Å². The Hall–Kier alpha value is -4.01. The number of methoxy groups -OCH3 is 1. The van der Waals surface area contributed by atoms with E-state index in [9.17, 15) is 24.1 Å². The summed E-state index contributed by atoms with van der Waals surface area (Å²) in [7, 11) is 1.40. The number of hydrogen-bond acceptors (Lipinski definition) is 6. The number of carbonyl (C=O) groups is 2. The number of esters is 1. The first-order valence-corrected chi connectivity index (χ1v) is 8.36. The Morgan fingerprint density at radius 2 is 1.79 bits per heavy atom. The van der Waals surface area contributed by atoms with Crippen molar-refractivity contribution in [2.24, 2.45) is 0 Å². The minimum absolute atomic E-state index is 0.131. The second-order valence-corrected chi connectivity index (χ2v) is 5.94. The third-order valence-corrected chi connectivity index (χ3v) is 4.05. The molecule has 3 aromatic carbocycles. The molecule has 0 radical (unpaired) electrons. The SMILES string of the molecule is COc1cc2ccccc2cc1C(=O)OCC(=O)Nc1ccc(F)cc1[N+](=O)[O-]. The molecule has 0 saturated heterocycles. The number of amides is 1. The fraction of sp³-hybridized carbons (Fsp3) is 0.100. The number of hydrogen-bond donors (Lipinski definition) is 1. The molecule has 0 aliphatic carbocycles. The molecule has 29 heavy (non-hydrogen) atoms. The molecular weight excluding hydrogens is 383 g/mol. The van der Waals surface area contributed by atoms with E-state index in [1.807, 2.05) is 24.3 Å². The van der Waals surface area contributed by atoms with Gasteiger partial charge in [0.1, 0.15) is 22.8 Å². The van der Waals surface area contributed by atoms with E-state index in [0.717, 1.165) is 22.9 Å². The molecule has 9 heteroatoms. The number of carbonyl (C=O) groups excluding carboxylic acids is 2. The maximum absolute atomic E-state index is 13.2. The lowest BCUT2D eigenvalue weighted by molar-refractivity contribution is -0.384. The quantitative estimate of drug-likeness (QED) is 0.385. The summed E-state index contributed by atoms with van der Waals surface area (Å²) >= 11 is 0. The second-order valence-electron chi connectivity index (χ2n) is 5.94. The van der Waals surface area contributed by atoms with E-state index in [1.165, 1.54) is 7.11 Å². The predicted octanol–water partition coefficient (Wildman–Crippen LogP) is 3.69. The molecule has 0 aliphatic rings. The van der Waals surface area contributed by atoms with Gasteiger partial charge in [0, 0.05) is 0 Å². The van der Waals surface area contributed by atoms with Crippen LogP contribution < -0.4 is 10.1 Å². The van der Waals surface area contributed by atoms with Crippen LogP contribution in [0.15, 0.2) is 54.6 Å². The highest BCUT2D eigenvalue weighted by atomic mass is 19.1. The maximum atomic E-state index is 13.2. The Labute approximate surface area is 164 Å². The molecule has 0 saturated carbocycles. The average molecular weight is 398 g/mol. The molecular formula is C20H15FN2O6.